The van der Waals surface area contributed by atoms with E-state index in [0.717, 1.165) is 23.4 Å². The lowest BCUT2D eigenvalue weighted by Crippen LogP contribution is -2.42. The first-order valence-electron chi connectivity index (χ1n) is 7.05. The van der Waals surface area contributed by atoms with Gasteiger partial charge in [0.2, 0.25) is 0 Å². The molecule has 1 aromatic carbocycles. The van der Waals surface area contributed by atoms with Crippen molar-refractivity contribution in [3.05, 3.63) is 52.2 Å². The first kappa shape index (κ1) is 13.7. The van der Waals surface area contributed by atoms with Crippen molar-refractivity contribution in [2.24, 2.45) is 7.05 Å². The van der Waals surface area contributed by atoms with Gasteiger partial charge in [0.05, 0.1) is 11.1 Å². The van der Waals surface area contributed by atoms with E-state index in [9.17, 15) is 14.7 Å². The maximum atomic E-state index is 12.1. The molecule has 1 aliphatic carbocycles. The molecule has 1 aromatic heterocycles. The van der Waals surface area contributed by atoms with Gasteiger partial charge >= 0.3 is 11.7 Å². The van der Waals surface area contributed by atoms with Crippen LogP contribution < -0.4 is 5.69 Å². The summed E-state index contributed by atoms with van der Waals surface area (Å²) in [5.41, 5.74) is 1.62. The molecule has 1 heterocycles. The molecule has 0 unspecified atom stereocenters. The Hall–Kier alpha value is -2.30. The zero-order valence-corrected chi connectivity index (χ0v) is 12.2. The summed E-state index contributed by atoms with van der Waals surface area (Å²) in [6.07, 6.45) is 4.10. The molecule has 0 saturated heterocycles. The van der Waals surface area contributed by atoms with Gasteiger partial charge in [0, 0.05) is 18.9 Å². The summed E-state index contributed by atoms with van der Waals surface area (Å²) in [5, 5.41) is 9.46. The highest BCUT2D eigenvalue weighted by Crippen LogP contribution is 2.44. The molecule has 0 radical (unpaired) electrons. The van der Waals surface area contributed by atoms with Crippen LogP contribution in [0.25, 0.3) is 5.69 Å². The predicted octanol–water partition coefficient (Wildman–Crippen LogP) is 1.99. The second-order valence-electron chi connectivity index (χ2n) is 5.79. The number of nitrogens with zero attached hydrogens (tertiary/aromatic N) is 2. The van der Waals surface area contributed by atoms with E-state index in [-0.39, 0.29) is 5.69 Å². The summed E-state index contributed by atoms with van der Waals surface area (Å²) in [4.78, 5) is 23.6. The fraction of sp³-hybridized carbons (Fsp3) is 0.375. The van der Waals surface area contributed by atoms with Crippen molar-refractivity contribution in [3.8, 4) is 5.69 Å². The number of hydrogen-bond donors (Lipinski definition) is 1. The number of aryl methyl sites for hydroxylation is 2. The average Bonchev–Trinajstić information content (AvgIpc) is 2.63. The van der Waals surface area contributed by atoms with Crippen LogP contribution in [0.1, 0.15) is 30.5 Å². The van der Waals surface area contributed by atoms with E-state index in [0.29, 0.717) is 12.8 Å². The average molecular weight is 286 g/mol. The summed E-state index contributed by atoms with van der Waals surface area (Å²) in [7, 11) is 1.72. The van der Waals surface area contributed by atoms with Crippen molar-refractivity contribution in [3.63, 3.8) is 0 Å². The summed E-state index contributed by atoms with van der Waals surface area (Å²) < 4.78 is 3.16. The van der Waals surface area contributed by atoms with E-state index in [2.05, 4.69) is 0 Å². The maximum Gasteiger partial charge on any atom is 0.332 e. The molecular formula is C16H18N2O3. The van der Waals surface area contributed by atoms with Crippen LogP contribution in [0, 0.1) is 6.92 Å². The Morgan fingerprint density at radius 1 is 1.24 bits per heavy atom. The minimum atomic E-state index is -0.755. The molecule has 0 spiro atoms. The van der Waals surface area contributed by atoms with Gasteiger partial charge < -0.3 is 9.67 Å². The summed E-state index contributed by atoms with van der Waals surface area (Å²) >= 11 is 0. The number of aliphatic carboxylic acids is 1. The SMILES string of the molecule is Cc1cn(C)c(=O)n1-c1ccc(C2(C(=O)O)CCC2)cc1. The van der Waals surface area contributed by atoms with E-state index in [4.69, 9.17) is 0 Å². The van der Waals surface area contributed by atoms with Gasteiger partial charge in [-0.1, -0.05) is 18.6 Å². The van der Waals surface area contributed by atoms with Gasteiger partial charge in [-0.15, -0.1) is 0 Å². The highest BCUT2D eigenvalue weighted by atomic mass is 16.4. The molecule has 0 amide bonds. The molecule has 5 heteroatoms. The quantitative estimate of drug-likeness (QED) is 0.938. The molecule has 3 rings (SSSR count). The molecule has 21 heavy (non-hydrogen) atoms. The van der Waals surface area contributed by atoms with Gasteiger partial charge in [0.1, 0.15) is 0 Å². The minimum absolute atomic E-state index is 0.100. The number of imidazole rings is 1. The normalized spacial score (nSPS) is 16.5. The second kappa shape index (κ2) is 4.62. The number of carboxylic acid groups (broad SMARTS) is 1. The first-order valence-corrected chi connectivity index (χ1v) is 7.05. The van der Waals surface area contributed by atoms with Gasteiger partial charge in [-0.05, 0) is 37.5 Å². The van der Waals surface area contributed by atoms with Gasteiger partial charge in [-0.2, -0.15) is 0 Å². The second-order valence-corrected chi connectivity index (χ2v) is 5.79. The fourth-order valence-electron chi connectivity index (χ4n) is 3.10. The van der Waals surface area contributed by atoms with Crippen molar-refractivity contribution in [1.29, 1.82) is 0 Å². The van der Waals surface area contributed by atoms with Crippen molar-refractivity contribution < 1.29 is 9.90 Å². The minimum Gasteiger partial charge on any atom is -0.481 e. The summed E-state index contributed by atoms with van der Waals surface area (Å²) in [6, 6.07) is 7.32. The topological polar surface area (TPSA) is 64.2 Å². The highest BCUT2D eigenvalue weighted by Gasteiger charge is 2.45. The number of carbonyl (C=O) groups is 1. The fourth-order valence-corrected chi connectivity index (χ4v) is 3.10. The van der Waals surface area contributed by atoms with Gasteiger partial charge in [-0.25, -0.2) is 4.79 Å². The van der Waals surface area contributed by atoms with Crippen LogP contribution >= 0.6 is 0 Å². The molecular weight excluding hydrogens is 268 g/mol. The van der Waals surface area contributed by atoms with Crippen molar-refractivity contribution >= 4 is 5.97 Å². The zero-order valence-electron chi connectivity index (χ0n) is 12.2. The third kappa shape index (κ3) is 1.92. The lowest BCUT2D eigenvalue weighted by molar-refractivity contribution is -0.147. The van der Waals surface area contributed by atoms with E-state index in [1.54, 1.807) is 17.8 Å². The van der Waals surface area contributed by atoms with Gasteiger partial charge in [0.15, 0.2) is 0 Å². The molecule has 0 bridgehead atoms. The van der Waals surface area contributed by atoms with E-state index in [1.807, 2.05) is 31.2 Å². The van der Waals surface area contributed by atoms with Gasteiger partial charge in [0.25, 0.3) is 0 Å². The van der Waals surface area contributed by atoms with E-state index in [1.165, 1.54) is 4.57 Å². The zero-order chi connectivity index (χ0) is 15.2. The van der Waals surface area contributed by atoms with Crippen LogP contribution in [-0.4, -0.2) is 20.2 Å². The number of aromatic nitrogens is 2. The Kier molecular flexibility index (Phi) is 3.01. The molecule has 110 valence electrons. The van der Waals surface area contributed by atoms with E-state index >= 15 is 0 Å². The van der Waals surface area contributed by atoms with Crippen LogP contribution in [0.4, 0.5) is 0 Å². The third-order valence-corrected chi connectivity index (χ3v) is 4.52. The third-order valence-electron chi connectivity index (χ3n) is 4.52. The molecule has 2 aromatic rings. The van der Waals surface area contributed by atoms with Crippen molar-refractivity contribution in [2.45, 2.75) is 31.6 Å². The number of rotatable bonds is 3. The Bertz CT molecular complexity index is 749. The van der Waals surface area contributed by atoms with Crippen LogP contribution in [0.15, 0.2) is 35.3 Å². The largest absolute Gasteiger partial charge is 0.481 e. The molecule has 5 nitrogen and oxygen atoms in total. The molecule has 0 atom stereocenters. The standard InChI is InChI=1S/C16H18N2O3/c1-11-10-17(2)15(21)18(11)13-6-4-12(5-7-13)16(14(19)20)8-3-9-16/h4-7,10H,3,8-9H2,1-2H3,(H,19,20). The monoisotopic (exact) mass is 286 g/mol. The lowest BCUT2D eigenvalue weighted by atomic mass is 9.64. The molecule has 1 saturated carbocycles. The number of hydrogen-bond acceptors (Lipinski definition) is 2. The van der Waals surface area contributed by atoms with Crippen molar-refractivity contribution in [1.82, 2.24) is 9.13 Å². The molecule has 1 N–H and O–H groups in total. The Morgan fingerprint density at radius 2 is 1.86 bits per heavy atom. The van der Waals surface area contributed by atoms with Crippen molar-refractivity contribution in [2.75, 3.05) is 0 Å². The smallest absolute Gasteiger partial charge is 0.332 e. The number of carboxylic acids is 1. The van der Waals surface area contributed by atoms with Crippen LogP contribution in [0.5, 0.6) is 0 Å². The Labute approximate surface area is 122 Å². The molecule has 1 fully saturated rings. The van der Waals surface area contributed by atoms with Gasteiger partial charge in [-0.3, -0.25) is 9.36 Å². The highest BCUT2D eigenvalue weighted by molar-refractivity contribution is 5.82. The maximum absolute atomic E-state index is 12.1. The van der Waals surface area contributed by atoms with Crippen LogP contribution in [-0.2, 0) is 17.3 Å². The Morgan fingerprint density at radius 3 is 2.24 bits per heavy atom. The predicted molar refractivity (Wildman–Crippen MR) is 78.9 cm³/mol. The van der Waals surface area contributed by atoms with Crippen LogP contribution in [0.3, 0.4) is 0 Å². The van der Waals surface area contributed by atoms with E-state index < -0.39 is 11.4 Å². The first-order chi connectivity index (χ1) is 9.95. The van der Waals surface area contributed by atoms with Crippen LogP contribution in [0.2, 0.25) is 0 Å². The summed E-state index contributed by atoms with van der Waals surface area (Å²) in [6.45, 7) is 1.87. The number of benzene rings is 1. The lowest BCUT2D eigenvalue weighted by Gasteiger charge is -2.38. The molecule has 1 aliphatic rings. The molecule has 0 aliphatic heterocycles. The summed E-state index contributed by atoms with van der Waals surface area (Å²) in [5.74, 6) is -0.755. The Balaban J connectivity index is 2.02.